The van der Waals surface area contributed by atoms with Crippen molar-refractivity contribution in [3.63, 3.8) is 0 Å². The zero-order valence-corrected chi connectivity index (χ0v) is 13.4. The molecule has 0 radical (unpaired) electrons. The number of carbonyl (C=O) groups excluding carboxylic acids is 1. The molecular weight excluding hydrogens is 290 g/mol. The Hall–Kier alpha value is -2.40. The number of amides is 1. The second-order valence-electron chi connectivity index (χ2n) is 5.20. The van der Waals surface area contributed by atoms with Crippen LogP contribution in [-0.4, -0.2) is 37.7 Å². The van der Waals surface area contributed by atoms with Crippen molar-refractivity contribution in [1.29, 1.82) is 0 Å². The van der Waals surface area contributed by atoms with Crippen LogP contribution in [0.3, 0.4) is 0 Å². The van der Waals surface area contributed by atoms with E-state index in [9.17, 15) is 4.79 Å². The Kier molecular flexibility index (Phi) is 7.07. The lowest BCUT2D eigenvalue weighted by Gasteiger charge is -2.07. The van der Waals surface area contributed by atoms with Crippen molar-refractivity contribution in [2.24, 2.45) is 0 Å². The predicted molar refractivity (Wildman–Crippen MR) is 91.7 cm³/mol. The van der Waals surface area contributed by atoms with E-state index in [0.717, 1.165) is 31.7 Å². The van der Waals surface area contributed by atoms with Crippen LogP contribution in [0.25, 0.3) is 0 Å². The smallest absolute Gasteiger partial charge is 0.269 e. The second kappa shape index (κ2) is 9.58. The molecule has 0 bridgehead atoms. The minimum absolute atomic E-state index is 0.146. The quantitative estimate of drug-likeness (QED) is 0.698. The van der Waals surface area contributed by atoms with E-state index >= 15 is 0 Å². The Bertz CT molecular complexity index is 585. The van der Waals surface area contributed by atoms with Gasteiger partial charge in [0.1, 0.15) is 5.69 Å². The molecule has 0 aliphatic carbocycles. The number of hydrogen-bond donors (Lipinski definition) is 2. The van der Waals surface area contributed by atoms with Gasteiger partial charge in [0.2, 0.25) is 0 Å². The van der Waals surface area contributed by atoms with Crippen LogP contribution in [0.15, 0.2) is 48.7 Å². The van der Waals surface area contributed by atoms with Gasteiger partial charge in [-0.25, -0.2) is 4.98 Å². The van der Waals surface area contributed by atoms with E-state index in [1.807, 2.05) is 24.3 Å². The molecule has 0 fully saturated rings. The Labute approximate surface area is 137 Å². The zero-order chi connectivity index (χ0) is 16.3. The highest BCUT2D eigenvalue weighted by molar-refractivity contribution is 5.92. The molecule has 1 amide bonds. The highest BCUT2D eigenvalue weighted by atomic mass is 16.5. The maximum Gasteiger partial charge on any atom is 0.269 e. The molecular formula is C18H23N3O2. The summed E-state index contributed by atoms with van der Waals surface area (Å²) in [6, 6.07) is 13.7. The number of carbonyl (C=O) groups is 1. The fourth-order valence-corrected chi connectivity index (χ4v) is 2.14. The first-order chi connectivity index (χ1) is 11.3. The van der Waals surface area contributed by atoms with Gasteiger partial charge < -0.3 is 15.4 Å². The molecule has 0 saturated carbocycles. The second-order valence-corrected chi connectivity index (χ2v) is 5.20. The van der Waals surface area contributed by atoms with Gasteiger partial charge in [0.15, 0.2) is 0 Å². The van der Waals surface area contributed by atoms with Crippen molar-refractivity contribution in [2.75, 3.05) is 32.1 Å². The highest BCUT2D eigenvalue weighted by Crippen LogP contribution is 2.06. The average molecular weight is 313 g/mol. The number of hydrogen-bond acceptors (Lipinski definition) is 4. The summed E-state index contributed by atoms with van der Waals surface area (Å²) in [5.74, 6) is -0.146. The lowest BCUT2D eigenvalue weighted by Crippen LogP contribution is -2.26. The van der Waals surface area contributed by atoms with Gasteiger partial charge in [0.05, 0.1) is 11.9 Å². The van der Waals surface area contributed by atoms with Crippen LogP contribution >= 0.6 is 0 Å². The zero-order valence-electron chi connectivity index (χ0n) is 13.4. The van der Waals surface area contributed by atoms with Crippen molar-refractivity contribution in [3.05, 3.63) is 59.9 Å². The number of aromatic nitrogens is 1. The minimum atomic E-state index is -0.146. The van der Waals surface area contributed by atoms with Crippen LogP contribution in [0.5, 0.6) is 0 Å². The predicted octanol–water partition coefficient (Wildman–Crippen LogP) is 2.50. The van der Waals surface area contributed by atoms with Crippen molar-refractivity contribution in [2.45, 2.75) is 12.8 Å². The first-order valence-electron chi connectivity index (χ1n) is 7.80. The summed E-state index contributed by atoms with van der Waals surface area (Å²) in [4.78, 5) is 16.2. The molecule has 1 aromatic heterocycles. The van der Waals surface area contributed by atoms with Gasteiger partial charge in [-0.2, -0.15) is 0 Å². The Morgan fingerprint density at radius 3 is 2.65 bits per heavy atom. The van der Waals surface area contributed by atoms with E-state index in [4.69, 9.17) is 4.74 Å². The van der Waals surface area contributed by atoms with Gasteiger partial charge in [-0.1, -0.05) is 30.3 Å². The van der Waals surface area contributed by atoms with E-state index in [-0.39, 0.29) is 5.91 Å². The van der Waals surface area contributed by atoms with Crippen molar-refractivity contribution in [1.82, 2.24) is 10.3 Å². The number of pyridine rings is 1. The highest BCUT2D eigenvalue weighted by Gasteiger charge is 2.06. The van der Waals surface area contributed by atoms with Crippen LogP contribution in [-0.2, 0) is 11.2 Å². The normalized spacial score (nSPS) is 10.3. The molecule has 23 heavy (non-hydrogen) atoms. The maximum atomic E-state index is 12.0. The van der Waals surface area contributed by atoms with Crippen LogP contribution in [0.2, 0.25) is 0 Å². The van der Waals surface area contributed by atoms with E-state index in [1.54, 1.807) is 19.4 Å². The number of anilines is 1. The van der Waals surface area contributed by atoms with Crippen LogP contribution < -0.4 is 10.6 Å². The van der Waals surface area contributed by atoms with E-state index in [2.05, 4.69) is 27.8 Å². The summed E-state index contributed by atoms with van der Waals surface area (Å²) in [6.07, 6.45) is 3.42. The molecule has 0 aliphatic heterocycles. The number of benzene rings is 1. The summed E-state index contributed by atoms with van der Waals surface area (Å²) < 4.78 is 4.99. The lowest BCUT2D eigenvalue weighted by molar-refractivity contribution is 0.0949. The SMILES string of the molecule is COCCCNc1ccc(C(=O)NCCc2ccccc2)nc1. The molecule has 5 heteroatoms. The number of nitrogens with one attached hydrogen (secondary N) is 2. The monoisotopic (exact) mass is 313 g/mol. The van der Waals surface area contributed by atoms with Gasteiger partial charge in [0.25, 0.3) is 5.91 Å². The molecule has 2 N–H and O–H groups in total. The van der Waals surface area contributed by atoms with Crippen molar-refractivity contribution in [3.8, 4) is 0 Å². The molecule has 5 nitrogen and oxygen atoms in total. The van der Waals surface area contributed by atoms with Crippen LogP contribution in [0, 0.1) is 0 Å². The number of methoxy groups -OCH3 is 1. The Morgan fingerprint density at radius 2 is 1.96 bits per heavy atom. The number of nitrogens with zero attached hydrogens (tertiary/aromatic N) is 1. The third-order valence-electron chi connectivity index (χ3n) is 3.39. The van der Waals surface area contributed by atoms with Crippen LogP contribution in [0.4, 0.5) is 5.69 Å². The molecule has 1 heterocycles. The minimum Gasteiger partial charge on any atom is -0.385 e. The van der Waals surface area contributed by atoms with Gasteiger partial charge in [-0.3, -0.25) is 4.79 Å². The van der Waals surface area contributed by atoms with E-state index in [1.165, 1.54) is 5.56 Å². The van der Waals surface area contributed by atoms with E-state index < -0.39 is 0 Å². The molecule has 2 rings (SSSR count). The fourth-order valence-electron chi connectivity index (χ4n) is 2.14. The van der Waals surface area contributed by atoms with Gasteiger partial charge in [0, 0.05) is 26.8 Å². The standard InChI is InChI=1S/C18H23N3O2/c1-23-13-5-11-19-16-8-9-17(21-14-16)18(22)20-12-10-15-6-3-2-4-7-15/h2-4,6-9,14,19H,5,10-13H2,1H3,(H,20,22). The first-order valence-corrected chi connectivity index (χ1v) is 7.80. The fraction of sp³-hybridized carbons (Fsp3) is 0.333. The number of rotatable bonds is 9. The molecule has 1 aromatic carbocycles. The molecule has 0 atom stereocenters. The molecule has 2 aromatic rings. The van der Waals surface area contributed by atoms with Gasteiger partial charge in [-0.05, 0) is 30.5 Å². The summed E-state index contributed by atoms with van der Waals surface area (Å²) in [5.41, 5.74) is 2.54. The van der Waals surface area contributed by atoms with Crippen LogP contribution in [0.1, 0.15) is 22.5 Å². The Morgan fingerprint density at radius 1 is 1.13 bits per heavy atom. The third-order valence-corrected chi connectivity index (χ3v) is 3.39. The Balaban J connectivity index is 1.74. The molecule has 0 unspecified atom stereocenters. The topological polar surface area (TPSA) is 63.2 Å². The average Bonchev–Trinajstić information content (AvgIpc) is 2.60. The molecule has 0 aliphatic rings. The first kappa shape index (κ1) is 17.0. The van der Waals surface area contributed by atoms with Gasteiger partial charge in [-0.15, -0.1) is 0 Å². The molecule has 0 spiro atoms. The summed E-state index contributed by atoms with van der Waals surface area (Å²) in [5, 5.41) is 6.12. The maximum absolute atomic E-state index is 12.0. The molecule has 122 valence electrons. The lowest BCUT2D eigenvalue weighted by atomic mass is 10.1. The molecule has 0 saturated heterocycles. The van der Waals surface area contributed by atoms with Crippen molar-refractivity contribution >= 4 is 11.6 Å². The summed E-state index contributed by atoms with van der Waals surface area (Å²) in [6.45, 7) is 2.14. The summed E-state index contributed by atoms with van der Waals surface area (Å²) in [7, 11) is 1.69. The van der Waals surface area contributed by atoms with Gasteiger partial charge >= 0.3 is 0 Å². The summed E-state index contributed by atoms with van der Waals surface area (Å²) >= 11 is 0. The number of ether oxygens (including phenoxy) is 1. The third kappa shape index (κ3) is 6.08. The van der Waals surface area contributed by atoms with E-state index in [0.29, 0.717) is 12.2 Å². The largest absolute Gasteiger partial charge is 0.385 e. The van der Waals surface area contributed by atoms with Crippen molar-refractivity contribution < 1.29 is 9.53 Å².